The van der Waals surface area contributed by atoms with Crippen LogP contribution in [0.3, 0.4) is 0 Å². The maximum absolute atomic E-state index is 12.9. The van der Waals surface area contributed by atoms with Gasteiger partial charge in [-0.05, 0) is 25.5 Å². The minimum absolute atomic E-state index is 0.149. The maximum atomic E-state index is 12.9. The van der Waals surface area contributed by atoms with Crippen LogP contribution in [-0.4, -0.2) is 45.4 Å². The summed E-state index contributed by atoms with van der Waals surface area (Å²) in [5.74, 6) is -1.82. The number of carbonyl (C=O) groups is 2. The molecule has 0 aliphatic carbocycles. The summed E-state index contributed by atoms with van der Waals surface area (Å²) in [6.07, 6.45) is 0. The molecule has 2 rings (SSSR count). The molecule has 1 atom stereocenters. The van der Waals surface area contributed by atoms with Gasteiger partial charge in [-0.3, -0.25) is 0 Å². The van der Waals surface area contributed by atoms with Crippen LogP contribution in [0.4, 0.5) is 0 Å². The van der Waals surface area contributed by atoms with Crippen molar-refractivity contribution in [1.82, 2.24) is 5.32 Å². The Kier molecular flexibility index (Phi) is 8.04. The van der Waals surface area contributed by atoms with E-state index in [0.717, 1.165) is 0 Å². The first-order valence-electron chi connectivity index (χ1n) is 9.03. The Morgan fingerprint density at radius 3 is 2.54 bits per heavy atom. The maximum Gasteiger partial charge on any atom is 0.336 e. The van der Waals surface area contributed by atoms with Gasteiger partial charge in [-0.15, -0.1) is 0 Å². The van der Waals surface area contributed by atoms with E-state index in [9.17, 15) is 9.59 Å². The molecule has 0 amide bonds. The molecular formula is C20H26ClN2O5+. The number of quaternary nitrogens is 1. The van der Waals surface area contributed by atoms with Gasteiger partial charge in [0.15, 0.2) is 0 Å². The SMILES string of the molecule is CCOC(=O)C1=C(COCC[NH3+])NC(C)=C(C(=O)OC)[C@@H]1c1ccccc1Cl. The largest absolute Gasteiger partial charge is 0.466 e. The van der Waals surface area contributed by atoms with Gasteiger partial charge in [-0.25, -0.2) is 9.59 Å². The van der Waals surface area contributed by atoms with Crippen LogP contribution in [0, 0.1) is 0 Å². The lowest BCUT2D eigenvalue weighted by Gasteiger charge is -2.31. The molecule has 28 heavy (non-hydrogen) atoms. The van der Waals surface area contributed by atoms with Gasteiger partial charge in [-0.2, -0.15) is 0 Å². The lowest BCUT2D eigenvalue weighted by molar-refractivity contribution is -0.373. The fourth-order valence-electron chi connectivity index (χ4n) is 3.14. The summed E-state index contributed by atoms with van der Waals surface area (Å²) in [6.45, 7) is 4.85. The Morgan fingerprint density at radius 1 is 1.21 bits per heavy atom. The van der Waals surface area contributed by atoms with Gasteiger partial charge >= 0.3 is 11.9 Å². The van der Waals surface area contributed by atoms with E-state index in [-0.39, 0.29) is 18.8 Å². The molecule has 0 fully saturated rings. The number of nitrogens with one attached hydrogen (secondary N) is 1. The molecule has 7 nitrogen and oxygen atoms in total. The lowest BCUT2D eigenvalue weighted by atomic mass is 9.80. The normalized spacial score (nSPS) is 16.7. The summed E-state index contributed by atoms with van der Waals surface area (Å²) in [5.41, 5.74) is 6.05. The molecule has 0 saturated carbocycles. The van der Waals surface area contributed by atoms with E-state index >= 15 is 0 Å². The Labute approximate surface area is 169 Å². The summed E-state index contributed by atoms with van der Waals surface area (Å²) in [5, 5.41) is 3.55. The van der Waals surface area contributed by atoms with Crippen molar-refractivity contribution in [3.8, 4) is 0 Å². The molecule has 1 aliphatic rings. The van der Waals surface area contributed by atoms with Crippen LogP contribution in [0.15, 0.2) is 46.8 Å². The zero-order valence-corrected chi connectivity index (χ0v) is 17.1. The molecule has 0 unspecified atom stereocenters. The minimum atomic E-state index is -0.736. The van der Waals surface area contributed by atoms with Crippen LogP contribution in [0.1, 0.15) is 25.3 Å². The van der Waals surface area contributed by atoms with Crippen LogP contribution < -0.4 is 11.1 Å². The molecule has 0 aromatic heterocycles. The van der Waals surface area contributed by atoms with Crippen LogP contribution in [0.2, 0.25) is 5.02 Å². The van der Waals surface area contributed by atoms with Crippen LogP contribution in [0.25, 0.3) is 0 Å². The van der Waals surface area contributed by atoms with Gasteiger partial charge in [0.2, 0.25) is 0 Å². The Bertz CT molecular complexity index is 804. The highest BCUT2D eigenvalue weighted by Gasteiger charge is 2.39. The first-order chi connectivity index (χ1) is 13.5. The van der Waals surface area contributed by atoms with Gasteiger partial charge in [0.05, 0.1) is 56.2 Å². The first-order valence-corrected chi connectivity index (χ1v) is 9.41. The third-order valence-corrected chi connectivity index (χ3v) is 4.64. The zero-order chi connectivity index (χ0) is 20.7. The summed E-state index contributed by atoms with van der Waals surface area (Å²) in [6, 6.07) is 7.08. The van der Waals surface area contributed by atoms with E-state index in [2.05, 4.69) is 11.1 Å². The second-order valence-corrected chi connectivity index (χ2v) is 6.54. The number of esters is 2. The number of ether oxygens (including phenoxy) is 3. The van der Waals surface area contributed by atoms with Crippen LogP contribution in [-0.2, 0) is 23.8 Å². The third kappa shape index (κ3) is 4.73. The van der Waals surface area contributed by atoms with E-state index < -0.39 is 17.9 Å². The quantitative estimate of drug-likeness (QED) is 0.499. The second-order valence-electron chi connectivity index (χ2n) is 6.13. The molecular weight excluding hydrogens is 384 g/mol. The molecule has 152 valence electrons. The fraction of sp³-hybridized carbons (Fsp3) is 0.400. The average molecular weight is 410 g/mol. The fourth-order valence-corrected chi connectivity index (χ4v) is 3.38. The Hall–Kier alpha value is -2.35. The first kappa shape index (κ1) is 21.9. The lowest BCUT2D eigenvalue weighted by Crippen LogP contribution is -2.52. The highest BCUT2D eigenvalue weighted by atomic mass is 35.5. The van der Waals surface area contributed by atoms with Gasteiger partial charge in [0.25, 0.3) is 0 Å². The number of benzene rings is 1. The molecule has 1 aromatic carbocycles. The number of hydrogen-bond donors (Lipinski definition) is 2. The predicted molar refractivity (Wildman–Crippen MR) is 104 cm³/mol. The van der Waals surface area contributed by atoms with Crippen molar-refractivity contribution in [2.45, 2.75) is 19.8 Å². The van der Waals surface area contributed by atoms with E-state index in [0.29, 0.717) is 40.7 Å². The van der Waals surface area contributed by atoms with E-state index in [1.807, 2.05) is 0 Å². The highest BCUT2D eigenvalue weighted by Crippen LogP contribution is 2.41. The van der Waals surface area contributed by atoms with Crippen molar-refractivity contribution in [2.24, 2.45) is 0 Å². The number of dihydropyridines is 1. The topological polar surface area (TPSA) is 102 Å². The molecule has 1 aliphatic heterocycles. The number of rotatable bonds is 8. The molecule has 1 heterocycles. The van der Waals surface area contributed by atoms with Crippen molar-refractivity contribution >= 4 is 23.5 Å². The van der Waals surface area contributed by atoms with Crippen LogP contribution >= 0.6 is 11.6 Å². The monoisotopic (exact) mass is 409 g/mol. The molecule has 8 heteroatoms. The second kappa shape index (κ2) is 10.3. The van der Waals surface area contributed by atoms with Crippen molar-refractivity contribution in [3.63, 3.8) is 0 Å². The van der Waals surface area contributed by atoms with Crippen molar-refractivity contribution < 1.29 is 29.5 Å². The van der Waals surface area contributed by atoms with Gasteiger partial charge < -0.3 is 25.3 Å². The molecule has 4 N–H and O–H groups in total. The third-order valence-electron chi connectivity index (χ3n) is 4.30. The highest BCUT2D eigenvalue weighted by molar-refractivity contribution is 6.31. The average Bonchev–Trinajstić information content (AvgIpc) is 2.67. The van der Waals surface area contributed by atoms with E-state index in [4.69, 9.17) is 25.8 Å². The van der Waals surface area contributed by atoms with Crippen molar-refractivity contribution in [3.05, 3.63) is 57.4 Å². The number of methoxy groups -OCH3 is 1. The van der Waals surface area contributed by atoms with Gasteiger partial charge in [0, 0.05) is 10.7 Å². The van der Waals surface area contributed by atoms with Gasteiger partial charge in [0.1, 0.15) is 0 Å². The zero-order valence-electron chi connectivity index (χ0n) is 16.3. The summed E-state index contributed by atoms with van der Waals surface area (Å²) in [7, 11) is 1.30. The molecule has 0 spiro atoms. The number of halogens is 1. The molecule has 0 bridgehead atoms. The number of hydrogen-bond acceptors (Lipinski definition) is 6. The predicted octanol–water partition coefficient (Wildman–Crippen LogP) is 1.55. The summed E-state index contributed by atoms with van der Waals surface area (Å²) < 4.78 is 15.9. The van der Waals surface area contributed by atoms with Gasteiger partial charge in [-0.1, -0.05) is 29.8 Å². The Morgan fingerprint density at radius 2 is 1.93 bits per heavy atom. The molecule has 1 aromatic rings. The smallest absolute Gasteiger partial charge is 0.336 e. The Balaban J connectivity index is 2.67. The summed E-state index contributed by atoms with van der Waals surface area (Å²) >= 11 is 6.43. The minimum Gasteiger partial charge on any atom is -0.466 e. The summed E-state index contributed by atoms with van der Waals surface area (Å²) in [4.78, 5) is 25.5. The number of allylic oxidation sites excluding steroid dienone is 1. The van der Waals surface area contributed by atoms with Crippen LogP contribution in [0.5, 0.6) is 0 Å². The van der Waals surface area contributed by atoms with E-state index in [1.54, 1.807) is 38.1 Å². The van der Waals surface area contributed by atoms with E-state index in [1.165, 1.54) is 7.11 Å². The van der Waals surface area contributed by atoms with Crippen molar-refractivity contribution in [2.75, 3.05) is 33.5 Å². The standard InChI is InChI=1S/C20H25ClN2O5/c1-4-28-20(25)18-15(11-27-10-9-22)23-12(2)16(19(24)26-3)17(18)13-7-5-6-8-14(13)21/h5-8,17,23H,4,9-11,22H2,1-3H3/p+1/t17-/m0/s1. The molecule has 0 saturated heterocycles. The number of carbonyl (C=O) groups excluding carboxylic acids is 2. The van der Waals surface area contributed by atoms with Crippen molar-refractivity contribution in [1.29, 1.82) is 0 Å². The molecule has 0 radical (unpaired) electrons.